The second kappa shape index (κ2) is 5.81. The van der Waals surface area contributed by atoms with Gasteiger partial charge in [-0.25, -0.2) is 0 Å². The van der Waals surface area contributed by atoms with E-state index in [4.69, 9.17) is 16.3 Å². The molecule has 0 aliphatic carbocycles. The number of halogens is 1. The number of nitrogens with one attached hydrogen (secondary N) is 1. The van der Waals surface area contributed by atoms with Crippen molar-refractivity contribution in [2.45, 2.75) is 18.9 Å². The summed E-state index contributed by atoms with van der Waals surface area (Å²) >= 11 is 6.22. The Labute approximate surface area is 123 Å². The molecule has 0 saturated carbocycles. The van der Waals surface area contributed by atoms with Gasteiger partial charge in [0, 0.05) is 29.9 Å². The summed E-state index contributed by atoms with van der Waals surface area (Å²) in [5.41, 5.74) is 3.60. The molecule has 1 aromatic carbocycles. The molecule has 1 N–H and O–H groups in total. The van der Waals surface area contributed by atoms with Gasteiger partial charge in [0.2, 0.25) is 0 Å². The molecule has 1 aliphatic heterocycles. The highest BCUT2D eigenvalue weighted by Gasteiger charge is 2.20. The number of ether oxygens (including phenoxy) is 1. The van der Waals surface area contributed by atoms with Gasteiger partial charge in [-0.1, -0.05) is 11.6 Å². The third-order valence-corrected chi connectivity index (χ3v) is 3.92. The van der Waals surface area contributed by atoms with E-state index in [9.17, 15) is 0 Å². The molecular formula is C16H17ClN2O. The van der Waals surface area contributed by atoms with Crippen LogP contribution in [-0.2, 0) is 12.8 Å². The Hall–Kier alpha value is -1.58. The van der Waals surface area contributed by atoms with Crippen molar-refractivity contribution in [2.24, 2.45) is 0 Å². The van der Waals surface area contributed by atoms with Gasteiger partial charge in [-0.05, 0) is 54.4 Å². The molecule has 0 radical (unpaired) electrons. The fourth-order valence-corrected chi connectivity index (χ4v) is 2.96. The maximum absolute atomic E-state index is 6.22. The summed E-state index contributed by atoms with van der Waals surface area (Å²) in [4.78, 5) is 4.07. The number of likely N-dealkylation sites (N-methyl/N-ethyl adjacent to an activating group) is 1. The number of nitrogens with zero attached hydrogens (tertiary/aromatic N) is 1. The Morgan fingerprint density at radius 2 is 2.15 bits per heavy atom. The molecule has 4 heteroatoms. The highest BCUT2D eigenvalue weighted by Crippen LogP contribution is 2.35. The van der Waals surface area contributed by atoms with E-state index in [0.717, 1.165) is 30.2 Å². The first kappa shape index (κ1) is 13.4. The first-order chi connectivity index (χ1) is 9.78. The monoisotopic (exact) mass is 288 g/mol. The first-order valence-corrected chi connectivity index (χ1v) is 7.17. The minimum atomic E-state index is 0.227. The maximum atomic E-state index is 6.22. The van der Waals surface area contributed by atoms with Crippen LogP contribution in [0.25, 0.3) is 0 Å². The van der Waals surface area contributed by atoms with Gasteiger partial charge in [-0.15, -0.1) is 0 Å². The summed E-state index contributed by atoms with van der Waals surface area (Å²) in [6.07, 6.45) is 5.43. The van der Waals surface area contributed by atoms with E-state index in [1.54, 1.807) is 0 Å². The van der Waals surface area contributed by atoms with Crippen LogP contribution in [0.2, 0.25) is 5.02 Å². The van der Waals surface area contributed by atoms with E-state index in [1.807, 2.05) is 43.7 Å². The van der Waals surface area contributed by atoms with E-state index in [0.29, 0.717) is 0 Å². The van der Waals surface area contributed by atoms with Gasteiger partial charge in [0.15, 0.2) is 0 Å². The van der Waals surface area contributed by atoms with Crippen molar-refractivity contribution >= 4 is 11.6 Å². The summed E-state index contributed by atoms with van der Waals surface area (Å²) in [7, 11) is 1.97. The summed E-state index contributed by atoms with van der Waals surface area (Å²) in [5, 5.41) is 4.14. The average Bonchev–Trinajstić information content (AvgIpc) is 2.93. The minimum Gasteiger partial charge on any atom is -0.493 e. The third-order valence-electron chi connectivity index (χ3n) is 3.71. The van der Waals surface area contributed by atoms with Crippen molar-refractivity contribution in [2.75, 3.05) is 13.7 Å². The van der Waals surface area contributed by atoms with E-state index in [1.165, 1.54) is 16.7 Å². The van der Waals surface area contributed by atoms with Crippen molar-refractivity contribution in [3.63, 3.8) is 0 Å². The highest BCUT2D eigenvalue weighted by molar-refractivity contribution is 6.30. The molecule has 20 heavy (non-hydrogen) atoms. The van der Waals surface area contributed by atoms with E-state index < -0.39 is 0 Å². The molecule has 1 atom stereocenters. The standard InChI is InChI=1S/C16H17ClN2O/c1-18-15(11-2-5-19-6-3-11)10-13-9-14(17)8-12-4-7-20-16(12)13/h2-3,5-6,8-9,15,18H,4,7,10H2,1H3. The number of rotatable bonds is 4. The van der Waals surface area contributed by atoms with Crippen molar-refractivity contribution in [1.82, 2.24) is 10.3 Å². The molecule has 3 nitrogen and oxygen atoms in total. The van der Waals surface area contributed by atoms with Crippen molar-refractivity contribution in [1.29, 1.82) is 0 Å². The average molecular weight is 289 g/mol. The summed E-state index contributed by atoms with van der Waals surface area (Å²) in [6, 6.07) is 8.31. The molecule has 0 amide bonds. The van der Waals surface area contributed by atoms with Gasteiger partial charge in [-0.2, -0.15) is 0 Å². The number of fused-ring (bicyclic) bond motifs is 1. The maximum Gasteiger partial charge on any atom is 0.125 e. The summed E-state index contributed by atoms with van der Waals surface area (Å²) in [6.45, 7) is 0.752. The van der Waals surface area contributed by atoms with E-state index in [2.05, 4.69) is 10.3 Å². The highest BCUT2D eigenvalue weighted by atomic mass is 35.5. The second-order valence-corrected chi connectivity index (χ2v) is 5.41. The molecule has 2 heterocycles. The fraction of sp³-hybridized carbons (Fsp3) is 0.312. The number of hydrogen-bond donors (Lipinski definition) is 1. The van der Waals surface area contributed by atoms with Gasteiger partial charge >= 0.3 is 0 Å². The van der Waals surface area contributed by atoms with Gasteiger partial charge in [0.25, 0.3) is 0 Å². The molecular weight excluding hydrogens is 272 g/mol. The van der Waals surface area contributed by atoms with Crippen LogP contribution in [0.5, 0.6) is 5.75 Å². The fourth-order valence-electron chi connectivity index (χ4n) is 2.70. The lowest BCUT2D eigenvalue weighted by atomic mass is 9.97. The predicted octanol–water partition coefficient (Wildman–Crippen LogP) is 3.17. The molecule has 1 unspecified atom stereocenters. The van der Waals surface area contributed by atoms with Crippen LogP contribution in [0, 0.1) is 0 Å². The Bertz CT molecular complexity index is 601. The van der Waals surface area contributed by atoms with Crippen molar-refractivity contribution in [3.05, 3.63) is 58.4 Å². The molecule has 0 saturated heterocycles. The second-order valence-electron chi connectivity index (χ2n) is 4.98. The zero-order chi connectivity index (χ0) is 13.9. The molecule has 0 bridgehead atoms. The zero-order valence-corrected chi connectivity index (χ0v) is 12.2. The Morgan fingerprint density at radius 1 is 1.35 bits per heavy atom. The lowest BCUT2D eigenvalue weighted by Gasteiger charge is -2.18. The first-order valence-electron chi connectivity index (χ1n) is 6.79. The van der Waals surface area contributed by atoms with Gasteiger partial charge in [-0.3, -0.25) is 4.98 Å². The van der Waals surface area contributed by atoms with Crippen LogP contribution >= 0.6 is 11.6 Å². The van der Waals surface area contributed by atoms with E-state index in [-0.39, 0.29) is 6.04 Å². The van der Waals surface area contributed by atoms with Crippen LogP contribution < -0.4 is 10.1 Å². The quantitative estimate of drug-likeness (QED) is 0.938. The topological polar surface area (TPSA) is 34.1 Å². The van der Waals surface area contributed by atoms with Crippen LogP contribution in [0.1, 0.15) is 22.7 Å². The van der Waals surface area contributed by atoms with Gasteiger partial charge < -0.3 is 10.1 Å². The molecule has 2 aromatic rings. The zero-order valence-electron chi connectivity index (χ0n) is 11.4. The number of aromatic nitrogens is 1. The number of pyridine rings is 1. The van der Waals surface area contributed by atoms with Crippen LogP contribution in [0.15, 0.2) is 36.7 Å². The minimum absolute atomic E-state index is 0.227. The Balaban J connectivity index is 1.91. The third kappa shape index (κ3) is 2.65. The van der Waals surface area contributed by atoms with Crippen molar-refractivity contribution < 1.29 is 4.74 Å². The molecule has 104 valence electrons. The Kier molecular flexibility index (Phi) is 3.90. The molecule has 0 fully saturated rings. The number of benzene rings is 1. The molecule has 3 rings (SSSR count). The summed E-state index contributed by atoms with van der Waals surface area (Å²) < 4.78 is 5.77. The van der Waals surface area contributed by atoms with Gasteiger partial charge in [0.1, 0.15) is 5.75 Å². The smallest absolute Gasteiger partial charge is 0.125 e. The number of hydrogen-bond acceptors (Lipinski definition) is 3. The lowest BCUT2D eigenvalue weighted by Crippen LogP contribution is -2.19. The molecule has 1 aliphatic rings. The predicted molar refractivity (Wildman–Crippen MR) is 80.4 cm³/mol. The lowest BCUT2D eigenvalue weighted by molar-refractivity contribution is 0.352. The van der Waals surface area contributed by atoms with Gasteiger partial charge in [0.05, 0.1) is 6.61 Å². The SMILES string of the molecule is CNC(Cc1cc(Cl)cc2c1OCC2)c1ccncc1. The molecule has 1 aromatic heterocycles. The molecule has 0 spiro atoms. The summed E-state index contributed by atoms with van der Waals surface area (Å²) in [5.74, 6) is 1.02. The van der Waals surface area contributed by atoms with Crippen LogP contribution in [-0.4, -0.2) is 18.6 Å². The normalized spacial score (nSPS) is 14.7. The van der Waals surface area contributed by atoms with Crippen molar-refractivity contribution in [3.8, 4) is 5.75 Å². The largest absolute Gasteiger partial charge is 0.493 e. The van der Waals surface area contributed by atoms with Crippen LogP contribution in [0.4, 0.5) is 0 Å². The Morgan fingerprint density at radius 3 is 2.90 bits per heavy atom. The van der Waals surface area contributed by atoms with Crippen LogP contribution in [0.3, 0.4) is 0 Å². The van der Waals surface area contributed by atoms with E-state index >= 15 is 0 Å².